The number of carbonyl (C=O) groups is 2. The molecule has 1 atom stereocenters. The number of hydrogen-bond acceptors (Lipinski definition) is 4. The van der Waals surface area contributed by atoms with Crippen molar-refractivity contribution in [2.75, 3.05) is 12.9 Å². The van der Waals surface area contributed by atoms with Gasteiger partial charge < -0.3 is 15.0 Å². The first-order valence-corrected chi connectivity index (χ1v) is 13.1. The minimum absolute atomic E-state index is 0.0538. The highest BCUT2D eigenvalue weighted by molar-refractivity contribution is 7.99. The van der Waals surface area contributed by atoms with Crippen molar-refractivity contribution in [1.82, 2.24) is 10.2 Å². The number of ether oxygens (including phenoxy) is 1. The highest BCUT2D eigenvalue weighted by Crippen LogP contribution is 2.23. The molecule has 5 nitrogen and oxygen atoms in total. The molecule has 0 aromatic heterocycles. The minimum atomic E-state index is -0.518. The summed E-state index contributed by atoms with van der Waals surface area (Å²) in [5, 5.41) is 3.78. The van der Waals surface area contributed by atoms with Gasteiger partial charge in [-0.2, -0.15) is 0 Å². The van der Waals surface area contributed by atoms with Gasteiger partial charge in [-0.1, -0.05) is 61.7 Å². The molecule has 2 aromatic rings. The third kappa shape index (κ3) is 7.41. The van der Waals surface area contributed by atoms with E-state index in [9.17, 15) is 9.59 Å². The van der Waals surface area contributed by atoms with Gasteiger partial charge in [0.25, 0.3) is 0 Å². The molecular weight excluding hydrogens is 456 g/mol. The van der Waals surface area contributed by atoms with E-state index in [-0.39, 0.29) is 17.9 Å². The number of nitrogens with one attached hydrogen (secondary N) is 1. The Bertz CT molecular complexity index is 916. The molecule has 0 aliphatic heterocycles. The van der Waals surface area contributed by atoms with Gasteiger partial charge in [0.1, 0.15) is 11.8 Å². The fourth-order valence-electron chi connectivity index (χ4n) is 4.16. The third-order valence-corrected chi connectivity index (χ3v) is 7.40. The summed E-state index contributed by atoms with van der Waals surface area (Å²) >= 11 is 7.94. The van der Waals surface area contributed by atoms with Crippen LogP contribution in [0.15, 0.2) is 48.5 Å². The largest absolute Gasteiger partial charge is 0.497 e. The van der Waals surface area contributed by atoms with Crippen molar-refractivity contribution >= 4 is 35.2 Å². The van der Waals surface area contributed by atoms with Gasteiger partial charge in [0.15, 0.2) is 0 Å². The van der Waals surface area contributed by atoms with Crippen LogP contribution in [0.1, 0.15) is 50.2 Å². The lowest BCUT2D eigenvalue weighted by Gasteiger charge is -2.31. The van der Waals surface area contributed by atoms with Crippen LogP contribution >= 0.6 is 23.4 Å². The van der Waals surface area contributed by atoms with E-state index < -0.39 is 6.04 Å². The van der Waals surface area contributed by atoms with Crippen molar-refractivity contribution in [3.63, 3.8) is 0 Å². The van der Waals surface area contributed by atoms with Crippen molar-refractivity contribution in [2.24, 2.45) is 0 Å². The molecule has 1 fully saturated rings. The molecule has 33 heavy (non-hydrogen) atoms. The summed E-state index contributed by atoms with van der Waals surface area (Å²) in [4.78, 5) is 28.2. The average Bonchev–Trinajstić information content (AvgIpc) is 3.33. The summed E-state index contributed by atoms with van der Waals surface area (Å²) in [5.41, 5.74) is 1.97. The molecule has 178 valence electrons. The zero-order valence-corrected chi connectivity index (χ0v) is 21.0. The number of rotatable bonds is 11. The maximum absolute atomic E-state index is 13.4. The van der Waals surface area contributed by atoms with E-state index in [0.717, 1.165) is 42.6 Å². The van der Waals surface area contributed by atoms with Gasteiger partial charge in [0, 0.05) is 23.4 Å². The molecule has 0 bridgehead atoms. The lowest BCUT2D eigenvalue weighted by molar-refractivity contribution is -0.139. The van der Waals surface area contributed by atoms with Crippen LogP contribution in [0.4, 0.5) is 0 Å². The molecule has 0 radical (unpaired) electrons. The fourth-order valence-corrected chi connectivity index (χ4v) is 5.22. The molecule has 0 heterocycles. The maximum Gasteiger partial charge on any atom is 0.243 e. The number of halogens is 1. The van der Waals surface area contributed by atoms with Gasteiger partial charge >= 0.3 is 0 Å². The normalized spacial score (nSPS) is 14.6. The highest BCUT2D eigenvalue weighted by Gasteiger charge is 2.30. The second-order valence-electron chi connectivity index (χ2n) is 8.37. The number of nitrogens with zero attached hydrogens (tertiary/aromatic N) is 1. The summed E-state index contributed by atoms with van der Waals surface area (Å²) < 4.78 is 5.20. The molecule has 2 aromatic carbocycles. The van der Waals surface area contributed by atoms with Crippen LogP contribution in [0.2, 0.25) is 5.02 Å². The van der Waals surface area contributed by atoms with E-state index in [1.807, 2.05) is 55.5 Å². The maximum atomic E-state index is 13.4. The van der Waals surface area contributed by atoms with Gasteiger partial charge in [-0.3, -0.25) is 9.59 Å². The van der Waals surface area contributed by atoms with E-state index in [1.54, 1.807) is 23.8 Å². The SMILES string of the molecule is CC[C@@H](C(=O)NC1CCCC1)N(Cc1ccccc1Cl)C(=O)CSCc1ccc(OC)cc1. The van der Waals surface area contributed by atoms with Gasteiger partial charge in [0.05, 0.1) is 12.9 Å². The first kappa shape index (κ1) is 25.4. The second kappa shape index (κ2) is 12.9. The Balaban J connectivity index is 1.69. The monoisotopic (exact) mass is 488 g/mol. The molecule has 1 aliphatic carbocycles. The molecule has 1 N–H and O–H groups in total. The quantitative estimate of drug-likeness (QED) is 0.457. The Morgan fingerprint density at radius 1 is 1.15 bits per heavy atom. The Hall–Kier alpha value is -2.18. The van der Waals surface area contributed by atoms with Crippen LogP contribution in [0.5, 0.6) is 5.75 Å². The molecule has 7 heteroatoms. The number of carbonyl (C=O) groups excluding carboxylic acids is 2. The van der Waals surface area contributed by atoms with E-state index in [4.69, 9.17) is 16.3 Å². The third-order valence-electron chi connectivity index (χ3n) is 6.04. The van der Waals surface area contributed by atoms with Crippen molar-refractivity contribution in [3.05, 3.63) is 64.7 Å². The second-order valence-corrected chi connectivity index (χ2v) is 9.76. The Morgan fingerprint density at radius 2 is 1.85 bits per heavy atom. The highest BCUT2D eigenvalue weighted by atomic mass is 35.5. The Labute approximate surface area is 206 Å². The van der Waals surface area contributed by atoms with Crippen LogP contribution in [-0.4, -0.2) is 41.7 Å². The predicted molar refractivity (Wildman–Crippen MR) is 136 cm³/mol. The number of methoxy groups -OCH3 is 1. The van der Waals surface area contributed by atoms with E-state index in [2.05, 4.69) is 5.32 Å². The first-order chi connectivity index (χ1) is 16.0. The lowest BCUT2D eigenvalue weighted by Crippen LogP contribution is -2.51. The molecule has 0 saturated heterocycles. The average molecular weight is 489 g/mol. The summed E-state index contributed by atoms with van der Waals surface area (Å²) in [5.74, 6) is 1.70. The summed E-state index contributed by atoms with van der Waals surface area (Å²) in [6.07, 6.45) is 4.87. The Morgan fingerprint density at radius 3 is 2.48 bits per heavy atom. The summed E-state index contributed by atoms with van der Waals surface area (Å²) in [7, 11) is 1.64. The van der Waals surface area contributed by atoms with Crippen molar-refractivity contribution in [2.45, 2.75) is 63.4 Å². The van der Waals surface area contributed by atoms with E-state index in [0.29, 0.717) is 29.5 Å². The molecule has 2 amide bonds. The molecule has 0 unspecified atom stereocenters. The topological polar surface area (TPSA) is 58.6 Å². The summed E-state index contributed by atoms with van der Waals surface area (Å²) in [6, 6.07) is 15.0. The van der Waals surface area contributed by atoms with E-state index in [1.165, 1.54) is 0 Å². The van der Waals surface area contributed by atoms with Crippen LogP contribution in [-0.2, 0) is 21.9 Å². The predicted octanol–water partition coefficient (Wildman–Crippen LogP) is 5.45. The lowest BCUT2D eigenvalue weighted by atomic mass is 10.1. The molecule has 3 rings (SSSR count). The molecule has 1 saturated carbocycles. The van der Waals surface area contributed by atoms with Crippen molar-refractivity contribution in [1.29, 1.82) is 0 Å². The van der Waals surface area contributed by atoms with Gasteiger partial charge in [0.2, 0.25) is 11.8 Å². The standard InChI is InChI=1S/C26H33ClN2O3S/c1-3-24(26(31)28-21-9-5-6-10-21)29(16-20-8-4-7-11-23(20)27)25(30)18-33-17-19-12-14-22(32-2)15-13-19/h4,7-8,11-15,21,24H,3,5-6,9-10,16-18H2,1-2H3,(H,28,31)/t24-/m0/s1. The van der Waals surface area contributed by atoms with Gasteiger partial charge in [-0.15, -0.1) is 11.8 Å². The fraction of sp³-hybridized carbons (Fsp3) is 0.462. The van der Waals surface area contributed by atoms with Crippen LogP contribution in [0, 0.1) is 0 Å². The summed E-state index contributed by atoms with van der Waals surface area (Å²) in [6.45, 7) is 2.27. The van der Waals surface area contributed by atoms with Gasteiger partial charge in [-0.25, -0.2) is 0 Å². The molecule has 0 spiro atoms. The number of hydrogen-bond donors (Lipinski definition) is 1. The first-order valence-electron chi connectivity index (χ1n) is 11.6. The Kier molecular flexibility index (Phi) is 9.95. The van der Waals surface area contributed by atoms with Crippen LogP contribution in [0.25, 0.3) is 0 Å². The number of benzene rings is 2. The molecular formula is C26H33ClN2O3S. The van der Waals surface area contributed by atoms with Crippen molar-refractivity contribution in [3.8, 4) is 5.75 Å². The van der Waals surface area contributed by atoms with Crippen molar-refractivity contribution < 1.29 is 14.3 Å². The smallest absolute Gasteiger partial charge is 0.243 e. The number of thioether (sulfide) groups is 1. The minimum Gasteiger partial charge on any atom is -0.497 e. The van der Waals surface area contributed by atoms with Crippen LogP contribution in [0.3, 0.4) is 0 Å². The van der Waals surface area contributed by atoms with E-state index >= 15 is 0 Å². The zero-order valence-electron chi connectivity index (χ0n) is 19.4. The zero-order chi connectivity index (χ0) is 23.6. The van der Waals surface area contributed by atoms with Crippen LogP contribution < -0.4 is 10.1 Å². The van der Waals surface area contributed by atoms with Gasteiger partial charge in [-0.05, 0) is 48.6 Å². The molecule has 1 aliphatic rings. The number of amides is 2.